The molecule has 0 aliphatic carbocycles. The van der Waals surface area contributed by atoms with E-state index in [1.54, 1.807) is 0 Å². The molecule has 0 aliphatic heterocycles. The van der Waals surface area contributed by atoms with Crippen molar-refractivity contribution in [1.82, 2.24) is 0 Å². The fourth-order valence-electron chi connectivity index (χ4n) is 1.67. The SMILES string of the molecule is NCc1occc1-c1ccc(C(F)(F)F)c(F)c1. The third-order valence-electron chi connectivity index (χ3n) is 2.52. The first-order valence-corrected chi connectivity index (χ1v) is 5.07. The molecule has 2 aromatic rings. The molecular weight excluding hydrogens is 250 g/mol. The number of alkyl halides is 3. The minimum absolute atomic E-state index is 0.0883. The number of rotatable bonds is 2. The third kappa shape index (κ3) is 2.24. The molecule has 6 heteroatoms. The fourth-order valence-corrected chi connectivity index (χ4v) is 1.67. The van der Waals surface area contributed by atoms with Crippen LogP contribution in [0.1, 0.15) is 11.3 Å². The van der Waals surface area contributed by atoms with Crippen LogP contribution in [0.4, 0.5) is 17.6 Å². The van der Waals surface area contributed by atoms with E-state index in [-0.39, 0.29) is 6.54 Å². The Balaban J connectivity index is 2.47. The van der Waals surface area contributed by atoms with Gasteiger partial charge in [-0.2, -0.15) is 13.2 Å². The molecule has 0 saturated heterocycles. The number of nitrogens with two attached hydrogens (primary N) is 1. The van der Waals surface area contributed by atoms with E-state index in [0.29, 0.717) is 23.0 Å². The van der Waals surface area contributed by atoms with Crippen LogP contribution >= 0.6 is 0 Å². The van der Waals surface area contributed by atoms with E-state index in [0.717, 1.165) is 6.07 Å². The Morgan fingerprint density at radius 3 is 2.44 bits per heavy atom. The highest BCUT2D eigenvalue weighted by Gasteiger charge is 2.34. The van der Waals surface area contributed by atoms with Gasteiger partial charge in [0.1, 0.15) is 11.6 Å². The van der Waals surface area contributed by atoms with Crippen LogP contribution < -0.4 is 5.73 Å². The predicted molar refractivity (Wildman–Crippen MR) is 57.0 cm³/mol. The minimum atomic E-state index is -4.70. The molecule has 0 fully saturated rings. The largest absolute Gasteiger partial charge is 0.467 e. The molecule has 0 spiro atoms. The van der Waals surface area contributed by atoms with Gasteiger partial charge in [-0.15, -0.1) is 0 Å². The summed E-state index contributed by atoms with van der Waals surface area (Å²) < 4.78 is 55.6. The van der Waals surface area contributed by atoms with Gasteiger partial charge in [0.2, 0.25) is 0 Å². The number of benzene rings is 1. The Labute approximate surface area is 100 Å². The summed E-state index contributed by atoms with van der Waals surface area (Å²) in [5.41, 5.74) is 4.91. The predicted octanol–water partition coefficient (Wildman–Crippen LogP) is 3.56. The van der Waals surface area contributed by atoms with Crippen molar-refractivity contribution in [2.75, 3.05) is 0 Å². The van der Waals surface area contributed by atoms with Crippen molar-refractivity contribution in [3.8, 4) is 11.1 Å². The topological polar surface area (TPSA) is 39.2 Å². The third-order valence-corrected chi connectivity index (χ3v) is 2.52. The summed E-state index contributed by atoms with van der Waals surface area (Å²) in [6, 6.07) is 4.25. The minimum Gasteiger partial charge on any atom is -0.467 e. The lowest BCUT2D eigenvalue weighted by molar-refractivity contribution is -0.139. The molecule has 96 valence electrons. The zero-order valence-electron chi connectivity index (χ0n) is 9.09. The quantitative estimate of drug-likeness (QED) is 0.837. The highest BCUT2D eigenvalue weighted by atomic mass is 19.4. The maximum atomic E-state index is 13.4. The molecule has 1 aromatic heterocycles. The standard InChI is InChI=1S/C12H9F4NO/c13-10-5-7(1-2-9(10)12(14,15)16)8-3-4-18-11(8)6-17/h1-5H,6,17H2. The summed E-state index contributed by atoms with van der Waals surface area (Å²) in [5.74, 6) is -0.918. The van der Waals surface area contributed by atoms with Gasteiger partial charge < -0.3 is 10.2 Å². The summed E-state index contributed by atoms with van der Waals surface area (Å²) >= 11 is 0. The van der Waals surface area contributed by atoms with Crippen molar-refractivity contribution < 1.29 is 22.0 Å². The van der Waals surface area contributed by atoms with Crippen LogP contribution in [0.3, 0.4) is 0 Å². The Morgan fingerprint density at radius 1 is 1.17 bits per heavy atom. The Hall–Kier alpha value is -1.82. The van der Waals surface area contributed by atoms with Gasteiger partial charge in [-0.05, 0) is 23.8 Å². The summed E-state index contributed by atoms with van der Waals surface area (Å²) in [6.07, 6.45) is -3.34. The molecule has 0 radical (unpaired) electrons. The smallest absolute Gasteiger partial charge is 0.419 e. The van der Waals surface area contributed by atoms with Crippen LogP contribution in [-0.2, 0) is 12.7 Å². The van der Waals surface area contributed by atoms with Crippen molar-refractivity contribution in [3.63, 3.8) is 0 Å². The van der Waals surface area contributed by atoms with Gasteiger partial charge in [0, 0.05) is 5.56 Å². The van der Waals surface area contributed by atoms with Gasteiger partial charge >= 0.3 is 6.18 Å². The number of hydrogen-bond donors (Lipinski definition) is 1. The lowest BCUT2D eigenvalue weighted by atomic mass is 10.0. The molecule has 2 nitrogen and oxygen atoms in total. The maximum absolute atomic E-state index is 13.4. The first-order valence-electron chi connectivity index (χ1n) is 5.07. The van der Waals surface area contributed by atoms with Gasteiger partial charge in [-0.1, -0.05) is 6.07 Å². The highest BCUT2D eigenvalue weighted by Crippen LogP contribution is 2.34. The van der Waals surface area contributed by atoms with E-state index in [2.05, 4.69) is 0 Å². The Morgan fingerprint density at radius 2 is 1.89 bits per heavy atom. The van der Waals surface area contributed by atoms with E-state index in [9.17, 15) is 17.6 Å². The number of hydrogen-bond acceptors (Lipinski definition) is 2. The average molecular weight is 259 g/mol. The van der Waals surface area contributed by atoms with Crippen molar-refractivity contribution in [2.45, 2.75) is 12.7 Å². The van der Waals surface area contributed by atoms with Crippen molar-refractivity contribution in [3.05, 3.63) is 47.7 Å². The van der Waals surface area contributed by atoms with E-state index >= 15 is 0 Å². The lowest BCUT2D eigenvalue weighted by Gasteiger charge is -2.09. The second kappa shape index (κ2) is 4.45. The molecule has 18 heavy (non-hydrogen) atoms. The van der Waals surface area contributed by atoms with Crippen LogP contribution in [-0.4, -0.2) is 0 Å². The van der Waals surface area contributed by atoms with Gasteiger partial charge in [-0.3, -0.25) is 0 Å². The second-order valence-corrected chi connectivity index (χ2v) is 3.65. The monoisotopic (exact) mass is 259 g/mol. The molecule has 1 heterocycles. The van der Waals surface area contributed by atoms with Gasteiger partial charge in [0.15, 0.2) is 0 Å². The van der Waals surface area contributed by atoms with Crippen LogP contribution in [0.2, 0.25) is 0 Å². The molecule has 0 atom stereocenters. The van der Waals surface area contributed by atoms with Gasteiger partial charge in [-0.25, -0.2) is 4.39 Å². The van der Waals surface area contributed by atoms with E-state index in [4.69, 9.17) is 10.2 Å². The Kier molecular flexibility index (Phi) is 3.13. The van der Waals surface area contributed by atoms with Crippen molar-refractivity contribution in [1.29, 1.82) is 0 Å². The fraction of sp³-hybridized carbons (Fsp3) is 0.167. The molecule has 0 amide bonds. The molecule has 0 unspecified atom stereocenters. The van der Waals surface area contributed by atoms with Crippen molar-refractivity contribution in [2.24, 2.45) is 5.73 Å². The first-order chi connectivity index (χ1) is 8.43. The summed E-state index contributed by atoms with van der Waals surface area (Å²) in [5, 5.41) is 0. The molecule has 0 bridgehead atoms. The van der Waals surface area contributed by atoms with Crippen LogP contribution in [0.15, 0.2) is 34.9 Å². The zero-order chi connectivity index (χ0) is 13.3. The van der Waals surface area contributed by atoms with Crippen LogP contribution in [0, 0.1) is 5.82 Å². The van der Waals surface area contributed by atoms with Crippen LogP contribution in [0.5, 0.6) is 0 Å². The van der Waals surface area contributed by atoms with E-state index < -0.39 is 17.6 Å². The molecule has 0 saturated carbocycles. The average Bonchev–Trinajstić information content (AvgIpc) is 2.74. The van der Waals surface area contributed by atoms with E-state index in [1.807, 2.05) is 0 Å². The second-order valence-electron chi connectivity index (χ2n) is 3.65. The lowest BCUT2D eigenvalue weighted by Crippen LogP contribution is -2.08. The van der Waals surface area contributed by atoms with E-state index in [1.165, 1.54) is 18.4 Å². The highest BCUT2D eigenvalue weighted by molar-refractivity contribution is 5.66. The van der Waals surface area contributed by atoms with Crippen LogP contribution in [0.25, 0.3) is 11.1 Å². The molecular formula is C12H9F4NO. The van der Waals surface area contributed by atoms with Crippen molar-refractivity contribution >= 4 is 0 Å². The molecule has 2 rings (SSSR count). The van der Waals surface area contributed by atoms with Gasteiger partial charge in [0.25, 0.3) is 0 Å². The number of halogens is 4. The van der Waals surface area contributed by atoms with Gasteiger partial charge in [0.05, 0.1) is 18.4 Å². The Bertz CT molecular complexity index is 559. The normalized spacial score (nSPS) is 11.8. The summed E-state index contributed by atoms with van der Waals surface area (Å²) in [7, 11) is 0. The first kappa shape index (κ1) is 12.6. The molecule has 1 aromatic carbocycles. The summed E-state index contributed by atoms with van der Waals surface area (Å²) in [6.45, 7) is 0.0883. The maximum Gasteiger partial charge on any atom is 0.419 e. The zero-order valence-corrected chi connectivity index (χ0v) is 9.09. The number of furan rings is 1. The summed E-state index contributed by atoms with van der Waals surface area (Å²) in [4.78, 5) is 0. The molecule has 0 aliphatic rings. The molecule has 2 N–H and O–H groups in total.